The molecule has 76 valence electrons. The van der Waals surface area contributed by atoms with Gasteiger partial charge in [0, 0.05) is 15.7 Å². The fourth-order valence-corrected chi connectivity index (χ4v) is 1.86. The summed E-state index contributed by atoms with van der Waals surface area (Å²) >= 11 is 8.47. The minimum Gasteiger partial charge on any atom is -0.343 e. The van der Waals surface area contributed by atoms with Gasteiger partial charge in [0.1, 0.15) is 10.5 Å². The molecular weight excluding hydrogens is 272 g/mol. The maximum absolute atomic E-state index is 5.07. The summed E-state index contributed by atoms with van der Waals surface area (Å²) in [5.74, 6) is 0.813. The molecule has 0 saturated carbocycles. The minimum atomic E-state index is 0.615. The fourth-order valence-electron chi connectivity index (χ4n) is 1.32. The molecule has 0 aliphatic rings. The lowest BCUT2D eigenvalue weighted by molar-refractivity contribution is 1.10. The lowest BCUT2D eigenvalue weighted by atomic mass is 10.2. The van der Waals surface area contributed by atoms with Gasteiger partial charge < -0.3 is 4.98 Å². The Morgan fingerprint density at radius 1 is 1.27 bits per heavy atom. The molecule has 0 saturated heterocycles. The Morgan fingerprint density at radius 3 is 2.53 bits per heavy atom. The summed E-state index contributed by atoms with van der Waals surface area (Å²) in [5.41, 5.74) is 2.06. The van der Waals surface area contributed by atoms with Crippen LogP contribution in [0.5, 0.6) is 0 Å². The molecule has 1 aromatic heterocycles. The molecule has 2 rings (SSSR count). The molecule has 0 amide bonds. The highest BCUT2D eigenvalue weighted by Gasteiger charge is 1.99. The van der Waals surface area contributed by atoms with Crippen molar-refractivity contribution >= 4 is 28.1 Å². The van der Waals surface area contributed by atoms with E-state index >= 15 is 0 Å². The maximum atomic E-state index is 5.07. The average Bonchev–Trinajstić information content (AvgIpc) is 2.17. The summed E-state index contributed by atoms with van der Waals surface area (Å²) < 4.78 is 1.67. The van der Waals surface area contributed by atoms with Gasteiger partial charge in [-0.05, 0) is 25.1 Å². The van der Waals surface area contributed by atoms with Crippen LogP contribution in [-0.4, -0.2) is 9.97 Å². The van der Waals surface area contributed by atoms with Gasteiger partial charge in [0.15, 0.2) is 0 Å². The predicted octanol–water partition coefficient (Wildman–Crippen LogP) is 3.88. The fraction of sp³-hybridized carbons (Fsp3) is 0.0909. The minimum absolute atomic E-state index is 0.615. The maximum Gasteiger partial charge on any atom is 0.139 e. The Hall–Kier alpha value is -1.00. The summed E-state index contributed by atoms with van der Waals surface area (Å²) in [6, 6.07) is 9.80. The lowest BCUT2D eigenvalue weighted by Gasteiger charge is -2.02. The van der Waals surface area contributed by atoms with Crippen molar-refractivity contribution in [1.82, 2.24) is 9.97 Å². The topological polar surface area (TPSA) is 28.7 Å². The summed E-state index contributed by atoms with van der Waals surface area (Å²) in [6.45, 7) is 1.97. The molecule has 0 aliphatic carbocycles. The Bertz CT molecular complexity index is 531. The van der Waals surface area contributed by atoms with Crippen LogP contribution in [0.1, 0.15) is 5.69 Å². The van der Waals surface area contributed by atoms with Crippen molar-refractivity contribution in [1.29, 1.82) is 0 Å². The number of nitrogens with zero attached hydrogens (tertiary/aromatic N) is 1. The normalized spacial score (nSPS) is 10.3. The molecule has 0 spiro atoms. The van der Waals surface area contributed by atoms with Gasteiger partial charge >= 0.3 is 0 Å². The highest BCUT2D eigenvalue weighted by Crippen LogP contribution is 2.18. The second-order valence-corrected chi connectivity index (χ2v) is 4.59. The van der Waals surface area contributed by atoms with Crippen molar-refractivity contribution in [3.8, 4) is 11.4 Å². The number of rotatable bonds is 1. The Kier molecular flexibility index (Phi) is 2.98. The molecule has 15 heavy (non-hydrogen) atoms. The molecule has 0 unspecified atom stereocenters. The number of hydrogen-bond donors (Lipinski definition) is 1. The number of aromatic nitrogens is 2. The van der Waals surface area contributed by atoms with Crippen molar-refractivity contribution in [2.75, 3.05) is 0 Å². The quantitative estimate of drug-likeness (QED) is 0.804. The number of hydrogen-bond acceptors (Lipinski definition) is 2. The summed E-state index contributed by atoms with van der Waals surface area (Å²) in [4.78, 5) is 7.47. The van der Waals surface area contributed by atoms with E-state index in [2.05, 4.69) is 25.9 Å². The predicted molar refractivity (Wildman–Crippen MR) is 67.3 cm³/mol. The first-order valence-corrected chi connectivity index (χ1v) is 5.69. The van der Waals surface area contributed by atoms with E-state index in [9.17, 15) is 0 Å². The third-order valence-corrected chi connectivity index (χ3v) is 2.73. The van der Waals surface area contributed by atoms with Gasteiger partial charge in [-0.3, -0.25) is 0 Å². The van der Waals surface area contributed by atoms with Gasteiger partial charge in [-0.1, -0.05) is 40.3 Å². The van der Waals surface area contributed by atoms with Crippen LogP contribution in [0.15, 0.2) is 34.8 Å². The van der Waals surface area contributed by atoms with E-state index < -0.39 is 0 Å². The van der Waals surface area contributed by atoms with Crippen LogP contribution in [0.25, 0.3) is 11.4 Å². The molecule has 1 N–H and O–H groups in total. The third-order valence-electron chi connectivity index (χ3n) is 2.00. The first-order valence-electron chi connectivity index (χ1n) is 4.49. The number of aromatic amines is 1. The van der Waals surface area contributed by atoms with Gasteiger partial charge in [-0.25, -0.2) is 4.98 Å². The molecule has 1 heterocycles. The van der Waals surface area contributed by atoms with Crippen molar-refractivity contribution in [3.05, 3.63) is 45.1 Å². The number of benzene rings is 1. The Labute approximate surface area is 102 Å². The summed E-state index contributed by atoms with van der Waals surface area (Å²) in [5, 5.41) is 0. The van der Waals surface area contributed by atoms with Gasteiger partial charge in [-0.15, -0.1) is 0 Å². The van der Waals surface area contributed by atoms with Gasteiger partial charge in [0.25, 0.3) is 0 Å². The SMILES string of the molecule is Cc1cc(=S)nc(-c2ccc(Br)cc2)[nH]1. The molecule has 0 fully saturated rings. The number of nitrogens with one attached hydrogen (secondary N) is 1. The summed E-state index contributed by atoms with van der Waals surface area (Å²) in [7, 11) is 0. The second kappa shape index (κ2) is 4.24. The first kappa shape index (κ1) is 10.5. The molecule has 0 radical (unpaired) electrons. The molecule has 0 atom stereocenters. The highest BCUT2D eigenvalue weighted by atomic mass is 79.9. The molecule has 0 aliphatic heterocycles. The second-order valence-electron chi connectivity index (χ2n) is 3.26. The van der Waals surface area contributed by atoms with Crippen molar-refractivity contribution in [2.24, 2.45) is 0 Å². The smallest absolute Gasteiger partial charge is 0.139 e. The number of halogens is 1. The van der Waals surface area contributed by atoms with Crippen molar-refractivity contribution in [2.45, 2.75) is 6.92 Å². The van der Waals surface area contributed by atoms with Crippen LogP contribution >= 0.6 is 28.1 Å². The summed E-state index contributed by atoms with van der Waals surface area (Å²) in [6.07, 6.45) is 0. The third kappa shape index (κ3) is 2.52. The molecular formula is C11H9BrN2S. The lowest BCUT2D eigenvalue weighted by Crippen LogP contribution is -1.91. The van der Waals surface area contributed by atoms with Crippen LogP contribution in [0.2, 0.25) is 0 Å². The molecule has 0 bridgehead atoms. The van der Waals surface area contributed by atoms with E-state index in [4.69, 9.17) is 12.2 Å². The van der Waals surface area contributed by atoms with Crippen molar-refractivity contribution in [3.63, 3.8) is 0 Å². The van der Waals surface area contributed by atoms with Gasteiger partial charge in [-0.2, -0.15) is 0 Å². The van der Waals surface area contributed by atoms with Crippen LogP contribution in [0.3, 0.4) is 0 Å². The van der Waals surface area contributed by atoms with Gasteiger partial charge in [0.05, 0.1) is 0 Å². The Morgan fingerprint density at radius 2 is 1.93 bits per heavy atom. The van der Waals surface area contributed by atoms with E-state index in [1.165, 1.54) is 0 Å². The van der Waals surface area contributed by atoms with E-state index in [1.54, 1.807) is 0 Å². The molecule has 2 nitrogen and oxygen atoms in total. The zero-order valence-electron chi connectivity index (χ0n) is 8.12. The van der Waals surface area contributed by atoms with Crippen LogP contribution < -0.4 is 0 Å². The van der Waals surface area contributed by atoms with Gasteiger partial charge in [0.2, 0.25) is 0 Å². The number of aryl methyl sites for hydroxylation is 1. The zero-order chi connectivity index (χ0) is 10.8. The molecule has 4 heteroatoms. The van der Waals surface area contributed by atoms with E-state index in [1.807, 2.05) is 37.3 Å². The van der Waals surface area contributed by atoms with Crippen LogP contribution in [0, 0.1) is 11.6 Å². The highest BCUT2D eigenvalue weighted by molar-refractivity contribution is 9.10. The standard InChI is InChI=1S/C11H9BrN2S/c1-7-6-10(15)14-11(13-7)8-2-4-9(12)5-3-8/h2-6H,1H3,(H,13,14,15). The number of H-pyrrole nitrogens is 1. The Balaban J connectivity index is 2.54. The largest absolute Gasteiger partial charge is 0.343 e. The monoisotopic (exact) mass is 280 g/mol. The van der Waals surface area contributed by atoms with Crippen LogP contribution in [0.4, 0.5) is 0 Å². The van der Waals surface area contributed by atoms with E-state index in [0.717, 1.165) is 21.6 Å². The average molecular weight is 281 g/mol. The zero-order valence-corrected chi connectivity index (χ0v) is 10.5. The van der Waals surface area contributed by atoms with E-state index in [-0.39, 0.29) is 0 Å². The molecule has 1 aromatic carbocycles. The van der Waals surface area contributed by atoms with Crippen LogP contribution in [-0.2, 0) is 0 Å². The van der Waals surface area contributed by atoms with E-state index in [0.29, 0.717) is 4.64 Å². The van der Waals surface area contributed by atoms with Crippen molar-refractivity contribution < 1.29 is 0 Å². The first-order chi connectivity index (χ1) is 7.15. The molecule has 2 aromatic rings.